The number of nitrogens with zero attached hydrogens (tertiary/aromatic N) is 3. The maximum absolute atomic E-state index is 12.6. The van der Waals surface area contributed by atoms with E-state index in [0.29, 0.717) is 12.2 Å². The first-order valence-electron chi connectivity index (χ1n) is 8.87. The molecule has 1 aliphatic heterocycles. The molecule has 0 atom stereocenters. The molecule has 0 radical (unpaired) electrons. The van der Waals surface area contributed by atoms with E-state index in [1.54, 1.807) is 0 Å². The highest BCUT2D eigenvalue weighted by Crippen LogP contribution is 2.21. The van der Waals surface area contributed by atoms with Crippen LogP contribution in [0.25, 0.3) is 10.8 Å². The smallest absolute Gasteiger partial charge is 0.273 e. The maximum Gasteiger partial charge on any atom is 0.273 e. The Morgan fingerprint density at radius 2 is 1.75 bits per heavy atom. The molecule has 0 saturated carbocycles. The number of aromatic nitrogens is 1. The van der Waals surface area contributed by atoms with Crippen molar-refractivity contribution in [3.8, 4) is 0 Å². The summed E-state index contributed by atoms with van der Waals surface area (Å²) >= 11 is 1.45. The third-order valence-corrected chi connectivity index (χ3v) is 5.75. The zero-order chi connectivity index (χ0) is 17.9. The molecule has 0 bridgehead atoms. The van der Waals surface area contributed by atoms with E-state index in [2.05, 4.69) is 52.3 Å². The number of hydrogen-bond acceptors (Lipinski definition) is 5. The number of thiazole rings is 1. The average molecular weight is 439 g/mol. The van der Waals surface area contributed by atoms with E-state index >= 15 is 0 Å². The van der Waals surface area contributed by atoms with Crippen LogP contribution in [0.2, 0.25) is 0 Å². The number of hydrogen-bond donors (Lipinski definition) is 1. The van der Waals surface area contributed by atoms with E-state index in [4.69, 9.17) is 5.73 Å². The van der Waals surface area contributed by atoms with Crippen LogP contribution in [0.5, 0.6) is 0 Å². The fourth-order valence-corrected chi connectivity index (χ4v) is 4.09. The Kier molecular flexibility index (Phi) is 8.22. The second-order valence-electron chi connectivity index (χ2n) is 6.54. The van der Waals surface area contributed by atoms with Gasteiger partial charge in [0.05, 0.1) is 0 Å². The van der Waals surface area contributed by atoms with E-state index in [0.717, 1.165) is 37.7 Å². The summed E-state index contributed by atoms with van der Waals surface area (Å²) in [4.78, 5) is 21.2. The van der Waals surface area contributed by atoms with Crippen LogP contribution in [0, 0.1) is 0 Å². The van der Waals surface area contributed by atoms with Crippen LogP contribution in [0.1, 0.15) is 21.1 Å². The van der Waals surface area contributed by atoms with Crippen molar-refractivity contribution in [2.24, 2.45) is 5.73 Å². The van der Waals surface area contributed by atoms with Crippen molar-refractivity contribution in [2.75, 3.05) is 26.2 Å². The molecule has 0 unspecified atom stereocenters. The number of halogens is 2. The molecule has 4 rings (SSSR count). The summed E-state index contributed by atoms with van der Waals surface area (Å²) in [7, 11) is 0. The van der Waals surface area contributed by atoms with Crippen molar-refractivity contribution >= 4 is 52.8 Å². The number of rotatable bonds is 4. The number of fused-ring (bicyclic) bond motifs is 1. The molecule has 8 heteroatoms. The zero-order valence-corrected chi connectivity index (χ0v) is 17.9. The lowest BCUT2D eigenvalue weighted by molar-refractivity contribution is 0.0624. The number of carbonyl (C=O) groups excluding carboxylic acids is 1. The molecule has 2 aromatic carbocycles. The van der Waals surface area contributed by atoms with Gasteiger partial charge in [-0.1, -0.05) is 42.5 Å². The van der Waals surface area contributed by atoms with Gasteiger partial charge in [0.2, 0.25) is 0 Å². The van der Waals surface area contributed by atoms with Crippen molar-refractivity contribution in [3.63, 3.8) is 0 Å². The predicted octanol–water partition coefficient (Wildman–Crippen LogP) is 3.56. The van der Waals surface area contributed by atoms with Crippen LogP contribution >= 0.6 is 36.2 Å². The van der Waals surface area contributed by atoms with Crippen molar-refractivity contribution in [2.45, 2.75) is 13.1 Å². The second kappa shape index (κ2) is 10.2. The lowest BCUT2D eigenvalue weighted by Crippen LogP contribution is -2.48. The van der Waals surface area contributed by atoms with Crippen molar-refractivity contribution in [1.82, 2.24) is 14.8 Å². The Balaban J connectivity index is 0.00000140. The van der Waals surface area contributed by atoms with Crippen LogP contribution in [0.4, 0.5) is 0 Å². The minimum atomic E-state index is 0. The largest absolute Gasteiger partial charge is 0.335 e. The van der Waals surface area contributed by atoms with Crippen LogP contribution in [0.3, 0.4) is 0 Å². The van der Waals surface area contributed by atoms with Gasteiger partial charge in [0.25, 0.3) is 5.91 Å². The zero-order valence-electron chi connectivity index (χ0n) is 15.4. The van der Waals surface area contributed by atoms with E-state index in [-0.39, 0.29) is 30.7 Å². The Morgan fingerprint density at radius 3 is 2.46 bits per heavy atom. The molecule has 0 spiro atoms. The molecule has 1 aliphatic rings. The molecule has 1 fully saturated rings. The van der Waals surface area contributed by atoms with Crippen LogP contribution in [-0.4, -0.2) is 46.9 Å². The van der Waals surface area contributed by atoms with E-state index in [9.17, 15) is 4.79 Å². The summed E-state index contributed by atoms with van der Waals surface area (Å²) in [5, 5.41) is 5.21. The van der Waals surface area contributed by atoms with Gasteiger partial charge in [-0.25, -0.2) is 4.98 Å². The predicted molar refractivity (Wildman–Crippen MR) is 120 cm³/mol. The molecular weight excluding hydrogens is 415 g/mol. The SMILES string of the molecule is Cl.Cl.NCc1nc(C(=O)N2CCN(Cc3cccc4ccccc34)CC2)cs1. The molecule has 2 heterocycles. The first kappa shape index (κ1) is 22.6. The molecule has 0 aliphatic carbocycles. The highest BCUT2D eigenvalue weighted by Gasteiger charge is 2.24. The highest BCUT2D eigenvalue weighted by molar-refractivity contribution is 7.09. The summed E-state index contributed by atoms with van der Waals surface area (Å²) in [6.07, 6.45) is 0. The summed E-state index contributed by atoms with van der Waals surface area (Å²) in [6.45, 7) is 4.53. The van der Waals surface area contributed by atoms with E-state index in [1.807, 2.05) is 10.3 Å². The van der Waals surface area contributed by atoms with Gasteiger partial charge < -0.3 is 10.6 Å². The molecule has 2 N–H and O–H groups in total. The molecule has 5 nitrogen and oxygen atoms in total. The van der Waals surface area contributed by atoms with Gasteiger partial charge in [0.15, 0.2) is 0 Å². The minimum Gasteiger partial charge on any atom is -0.335 e. The number of amides is 1. The number of benzene rings is 2. The van der Waals surface area contributed by atoms with Gasteiger partial charge in [0, 0.05) is 44.6 Å². The van der Waals surface area contributed by atoms with Gasteiger partial charge >= 0.3 is 0 Å². The molecule has 1 amide bonds. The van der Waals surface area contributed by atoms with Gasteiger partial charge in [-0.15, -0.1) is 36.2 Å². The third kappa shape index (κ3) is 4.82. The van der Waals surface area contributed by atoms with Gasteiger partial charge in [-0.3, -0.25) is 9.69 Å². The molecular formula is C20H24Cl2N4OS. The summed E-state index contributed by atoms with van der Waals surface area (Å²) < 4.78 is 0. The summed E-state index contributed by atoms with van der Waals surface area (Å²) in [5.41, 5.74) is 7.46. The van der Waals surface area contributed by atoms with Crippen molar-refractivity contribution in [1.29, 1.82) is 0 Å². The molecule has 3 aromatic rings. The van der Waals surface area contributed by atoms with E-state index in [1.165, 1.54) is 27.7 Å². The third-order valence-electron chi connectivity index (χ3n) is 4.88. The van der Waals surface area contributed by atoms with Crippen LogP contribution < -0.4 is 5.73 Å². The number of piperazine rings is 1. The van der Waals surface area contributed by atoms with Crippen LogP contribution in [-0.2, 0) is 13.1 Å². The lowest BCUT2D eigenvalue weighted by atomic mass is 10.0. The van der Waals surface area contributed by atoms with Gasteiger partial charge in [-0.05, 0) is 16.3 Å². The first-order chi connectivity index (χ1) is 12.7. The lowest BCUT2D eigenvalue weighted by Gasteiger charge is -2.34. The monoisotopic (exact) mass is 438 g/mol. The Morgan fingerprint density at radius 1 is 1.04 bits per heavy atom. The summed E-state index contributed by atoms with van der Waals surface area (Å²) in [5.74, 6) is 0.0192. The standard InChI is InChI=1S/C20H22N4OS.2ClH/c21-12-19-22-18(14-26-19)20(25)24-10-8-23(9-11-24)13-16-6-3-5-15-4-1-2-7-17(15)16;;/h1-7,14H,8-13,21H2;2*1H. The van der Waals surface area contributed by atoms with Crippen LogP contribution in [0.15, 0.2) is 47.8 Å². The van der Waals surface area contributed by atoms with Crippen molar-refractivity contribution in [3.05, 3.63) is 64.1 Å². The Labute approximate surface area is 181 Å². The first-order valence-corrected chi connectivity index (χ1v) is 9.75. The summed E-state index contributed by atoms with van der Waals surface area (Å²) in [6, 6.07) is 15.0. The highest BCUT2D eigenvalue weighted by atomic mass is 35.5. The van der Waals surface area contributed by atoms with E-state index < -0.39 is 0 Å². The van der Waals surface area contributed by atoms with Gasteiger partial charge in [-0.2, -0.15) is 0 Å². The number of nitrogens with two attached hydrogens (primary N) is 1. The van der Waals surface area contributed by atoms with Gasteiger partial charge in [0.1, 0.15) is 10.7 Å². The Bertz CT molecular complexity index is 920. The number of carbonyl (C=O) groups is 1. The fraction of sp³-hybridized carbons (Fsp3) is 0.300. The molecule has 28 heavy (non-hydrogen) atoms. The average Bonchev–Trinajstić information content (AvgIpc) is 3.18. The fourth-order valence-electron chi connectivity index (χ4n) is 3.45. The molecule has 150 valence electrons. The minimum absolute atomic E-state index is 0. The Hall–Kier alpha value is -1.70. The van der Waals surface area contributed by atoms with Crippen molar-refractivity contribution < 1.29 is 4.79 Å². The quantitative estimate of drug-likeness (QED) is 0.676. The second-order valence-corrected chi connectivity index (χ2v) is 7.48. The maximum atomic E-state index is 12.6. The molecule has 1 saturated heterocycles. The molecule has 1 aromatic heterocycles. The normalized spacial score (nSPS) is 14.4. The topological polar surface area (TPSA) is 62.5 Å².